The van der Waals surface area contributed by atoms with Crippen LogP contribution in [0.5, 0.6) is 5.75 Å². The fraction of sp³-hybridized carbons (Fsp3) is 0.385. The number of methoxy groups -OCH3 is 1. The number of benzene rings is 1. The van der Waals surface area contributed by atoms with E-state index in [1.807, 2.05) is 43.4 Å². The Bertz CT molecular complexity index is 1270. The zero-order chi connectivity index (χ0) is 25.7. The van der Waals surface area contributed by atoms with Gasteiger partial charge in [0.2, 0.25) is 0 Å². The maximum atomic E-state index is 13.3. The van der Waals surface area contributed by atoms with Gasteiger partial charge in [0.25, 0.3) is 11.5 Å². The Hall–Kier alpha value is -3.92. The predicted molar refractivity (Wildman–Crippen MR) is 134 cm³/mol. The van der Waals surface area contributed by atoms with Crippen molar-refractivity contribution in [3.63, 3.8) is 0 Å². The molecule has 2 aromatic heterocycles. The average molecular weight is 494 g/mol. The molecule has 0 radical (unpaired) electrons. The lowest BCUT2D eigenvalue weighted by atomic mass is 10.1. The molecule has 1 amide bonds. The number of aromatic nitrogens is 3. The molecule has 0 saturated carbocycles. The van der Waals surface area contributed by atoms with Crippen LogP contribution in [0.25, 0.3) is 5.69 Å². The topological polar surface area (TPSA) is 98.9 Å². The van der Waals surface area contributed by atoms with E-state index in [1.165, 1.54) is 13.2 Å². The number of carbonyl (C=O) groups is 2. The van der Waals surface area contributed by atoms with Crippen molar-refractivity contribution in [2.45, 2.75) is 19.4 Å². The van der Waals surface area contributed by atoms with E-state index in [9.17, 15) is 14.4 Å². The number of nitrogens with zero attached hydrogens (tertiary/aromatic N) is 5. The highest BCUT2D eigenvalue weighted by atomic mass is 16.5. The van der Waals surface area contributed by atoms with Crippen LogP contribution in [0.15, 0.2) is 53.6 Å². The summed E-state index contributed by atoms with van der Waals surface area (Å²) in [5.41, 5.74) is 1.91. The zero-order valence-corrected chi connectivity index (χ0v) is 20.8. The molecule has 0 N–H and O–H groups in total. The van der Waals surface area contributed by atoms with Gasteiger partial charge >= 0.3 is 5.97 Å². The third-order valence-corrected chi connectivity index (χ3v) is 6.16. The summed E-state index contributed by atoms with van der Waals surface area (Å²) >= 11 is 0. The molecule has 0 bridgehead atoms. The minimum Gasteiger partial charge on any atom is -0.492 e. The quantitative estimate of drug-likeness (QED) is 0.349. The van der Waals surface area contributed by atoms with E-state index in [0.29, 0.717) is 37.4 Å². The molecule has 3 aromatic rings. The molecule has 0 spiro atoms. The molecular formula is C26H31N5O5. The van der Waals surface area contributed by atoms with Crippen molar-refractivity contribution in [2.75, 3.05) is 47.4 Å². The Labute approximate surface area is 209 Å². The Balaban J connectivity index is 1.54. The monoisotopic (exact) mass is 493 g/mol. The SMILES string of the molecule is COC(=O)c1c(OCCCN(C)C)cc(=O)n2c1CCN(C(=O)c1ccc(-n3cccn3)cc1)CC2. The van der Waals surface area contributed by atoms with E-state index in [0.717, 1.165) is 18.7 Å². The van der Waals surface area contributed by atoms with E-state index in [-0.39, 0.29) is 29.3 Å². The molecule has 10 heteroatoms. The van der Waals surface area contributed by atoms with Crippen LogP contribution in [-0.4, -0.2) is 83.5 Å². The minimum atomic E-state index is -0.560. The van der Waals surface area contributed by atoms with Gasteiger partial charge in [0.1, 0.15) is 11.3 Å². The van der Waals surface area contributed by atoms with Crippen molar-refractivity contribution in [3.05, 3.63) is 76.0 Å². The van der Waals surface area contributed by atoms with Gasteiger partial charge in [0.05, 0.1) is 19.4 Å². The standard InChI is InChI=1S/C26H31N5O5/c1-28(2)12-5-17-36-22-18-23(32)30-16-15-29(14-10-21(30)24(22)26(34)35-3)25(33)19-6-8-20(9-7-19)31-13-4-11-27-31/h4,6-9,11,13,18H,5,10,12,14-17H2,1-3H3. The van der Waals surface area contributed by atoms with E-state index in [4.69, 9.17) is 9.47 Å². The van der Waals surface area contributed by atoms with Crippen LogP contribution in [0.2, 0.25) is 0 Å². The number of fused-ring (bicyclic) bond motifs is 1. The lowest BCUT2D eigenvalue weighted by molar-refractivity contribution is 0.0593. The molecule has 4 rings (SSSR count). The van der Waals surface area contributed by atoms with Crippen LogP contribution < -0.4 is 10.3 Å². The van der Waals surface area contributed by atoms with Gasteiger partial charge in [0.15, 0.2) is 0 Å². The second kappa shape index (κ2) is 11.2. The maximum absolute atomic E-state index is 13.3. The summed E-state index contributed by atoms with van der Waals surface area (Å²) in [5.74, 6) is -0.469. The third-order valence-electron chi connectivity index (χ3n) is 6.16. The first-order valence-corrected chi connectivity index (χ1v) is 11.9. The summed E-state index contributed by atoms with van der Waals surface area (Å²) in [6, 6.07) is 10.4. The summed E-state index contributed by atoms with van der Waals surface area (Å²) < 4.78 is 14.1. The molecule has 0 aliphatic carbocycles. The molecule has 0 atom stereocenters. The van der Waals surface area contributed by atoms with Crippen molar-refractivity contribution < 1.29 is 19.1 Å². The number of esters is 1. The first-order chi connectivity index (χ1) is 17.4. The smallest absolute Gasteiger partial charge is 0.343 e. The lowest BCUT2D eigenvalue weighted by Gasteiger charge is -2.20. The number of hydrogen-bond donors (Lipinski definition) is 0. The predicted octanol–water partition coefficient (Wildman–Crippen LogP) is 1.85. The largest absolute Gasteiger partial charge is 0.492 e. The van der Waals surface area contributed by atoms with Gasteiger partial charge in [-0.3, -0.25) is 9.59 Å². The van der Waals surface area contributed by atoms with E-state index in [2.05, 4.69) is 5.10 Å². The molecule has 0 unspecified atom stereocenters. The highest BCUT2D eigenvalue weighted by Crippen LogP contribution is 2.25. The van der Waals surface area contributed by atoms with Gasteiger partial charge in [-0.05, 0) is 50.8 Å². The first kappa shape index (κ1) is 25.2. The van der Waals surface area contributed by atoms with E-state index < -0.39 is 5.97 Å². The van der Waals surface area contributed by atoms with Crippen LogP contribution in [0, 0.1) is 0 Å². The number of ether oxygens (including phenoxy) is 2. The summed E-state index contributed by atoms with van der Waals surface area (Å²) in [6.07, 6.45) is 4.59. The highest BCUT2D eigenvalue weighted by Gasteiger charge is 2.27. The maximum Gasteiger partial charge on any atom is 0.343 e. The number of rotatable bonds is 8. The van der Waals surface area contributed by atoms with Gasteiger partial charge in [-0.25, -0.2) is 9.48 Å². The van der Waals surface area contributed by atoms with Crippen molar-refractivity contribution in [1.29, 1.82) is 0 Å². The molecule has 0 fully saturated rings. The van der Waals surface area contributed by atoms with Crippen LogP contribution in [0.1, 0.15) is 32.8 Å². The normalized spacial score (nSPS) is 13.3. The molecule has 190 valence electrons. The Morgan fingerprint density at radius 2 is 1.89 bits per heavy atom. The van der Waals surface area contributed by atoms with Gasteiger partial charge < -0.3 is 23.8 Å². The number of pyridine rings is 1. The van der Waals surface area contributed by atoms with Crippen LogP contribution in [0.4, 0.5) is 0 Å². The Morgan fingerprint density at radius 3 is 2.56 bits per heavy atom. The van der Waals surface area contributed by atoms with Crippen LogP contribution in [-0.2, 0) is 17.7 Å². The molecule has 36 heavy (non-hydrogen) atoms. The summed E-state index contributed by atoms with van der Waals surface area (Å²) in [7, 11) is 5.24. The van der Waals surface area contributed by atoms with Gasteiger partial charge in [0, 0.05) is 62.3 Å². The molecule has 0 saturated heterocycles. The molecular weight excluding hydrogens is 462 g/mol. The van der Waals surface area contributed by atoms with Gasteiger partial charge in [-0.2, -0.15) is 5.10 Å². The van der Waals surface area contributed by atoms with Crippen molar-refractivity contribution in [3.8, 4) is 11.4 Å². The second-order valence-corrected chi connectivity index (χ2v) is 8.86. The van der Waals surface area contributed by atoms with Crippen molar-refractivity contribution >= 4 is 11.9 Å². The second-order valence-electron chi connectivity index (χ2n) is 8.86. The Morgan fingerprint density at radius 1 is 1.11 bits per heavy atom. The fourth-order valence-corrected chi connectivity index (χ4v) is 4.31. The summed E-state index contributed by atoms with van der Waals surface area (Å²) in [5, 5.41) is 4.20. The fourth-order valence-electron chi connectivity index (χ4n) is 4.31. The minimum absolute atomic E-state index is 0.136. The summed E-state index contributed by atoms with van der Waals surface area (Å²) in [6.45, 7) is 2.15. The molecule has 1 aromatic carbocycles. The number of hydrogen-bond acceptors (Lipinski definition) is 7. The lowest BCUT2D eigenvalue weighted by Crippen LogP contribution is -2.34. The van der Waals surface area contributed by atoms with E-state index >= 15 is 0 Å². The Kier molecular flexibility index (Phi) is 7.84. The van der Waals surface area contributed by atoms with Crippen molar-refractivity contribution in [2.24, 2.45) is 0 Å². The summed E-state index contributed by atoms with van der Waals surface area (Å²) in [4.78, 5) is 42.7. The molecule has 1 aliphatic rings. The van der Waals surface area contributed by atoms with Crippen LogP contribution >= 0.6 is 0 Å². The van der Waals surface area contributed by atoms with Crippen LogP contribution in [0.3, 0.4) is 0 Å². The third kappa shape index (κ3) is 5.49. The highest BCUT2D eigenvalue weighted by molar-refractivity contribution is 5.95. The molecule has 10 nitrogen and oxygen atoms in total. The molecule has 1 aliphatic heterocycles. The average Bonchev–Trinajstić information content (AvgIpc) is 3.32. The first-order valence-electron chi connectivity index (χ1n) is 11.9. The van der Waals surface area contributed by atoms with Gasteiger partial charge in [-0.1, -0.05) is 0 Å². The van der Waals surface area contributed by atoms with E-state index in [1.54, 1.807) is 32.5 Å². The molecule has 3 heterocycles. The van der Waals surface area contributed by atoms with Gasteiger partial charge in [-0.15, -0.1) is 0 Å². The zero-order valence-electron chi connectivity index (χ0n) is 20.8. The number of amides is 1. The number of carbonyl (C=O) groups excluding carboxylic acids is 2. The van der Waals surface area contributed by atoms with Crippen molar-refractivity contribution in [1.82, 2.24) is 24.1 Å².